The second-order valence-electron chi connectivity index (χ2n) is 5.98. The van der Waals surface area contributed by atoms with Crippen LogP contribution in [0.1, 0.15) is 11.4 Å². The number of ether oxygens (including phenoxy) is 2. The van der Waals surface area contributed by atoms with E-state index in [-0.39, 0.29) is 11.7 Å². The summed E-state index contributed by atoms with van der Waals surface area (Å²) in [6, 6.07) is 15.2. The molecule has 1 aromatic heterocycles. The molecule has 3 aromatic rings. The van der Waals surface area contributed by atoms with E-state index in [4.69, 9.17) is 9.47 Å². The van der Waals surface area contributed by atoms with Crippen molar-refractivity contribution in [2.75, 3.05) is 20.0 Å². The van der Waals surface area contributed by atoms with Gasteiger partial charge < -0.3 is 14.8 Å². The second kappa shape index (κ2) is 9.27. The first-order chi connectivity index (χ1) is 13.6. The van der Waals surface area contributed by atoms with E-state index in [0.717, 1.165) is 28.6 Å². The summed E-state index contributed by atoms with van der Waals surface area (Å²) in [7, 11) is 3.26. The number of carbonyl (C=O) groups excluding carboxylic acids is 1. The molecule has 28 heavy (non-hydrogen) atoms. The van der Waals surface area contributed by atoms with Crippen LogP contribution in [0.25, 0.3) is 5.69 Å². The van der Waals surface area contributed by atoms with E-state index in [9.17, 15) is 4.79 Å². The summed E-state index contributed by atoms with van der Waals surface area (Å²) in [5, 5.41) is 11.9. The summed E-state index contributed by atoms with van der Waals surface area (Å²) in [5.41, 5.74) is 1.93. The molecule has 0 spiro atoms. The van der Waals surface area contributed by atoms with Crippen LogP contribution in [0.15, 0.2) is 53.7 Å². The van der Waals surface area contributed by atoms with Crippen LogP contribution in [0.3, 0.4) is 0 Å². The fraction of sp³-hybridized carbons (Fsp3) is 0.250. The summed E-state index contributed by atoms with van der Waals surface area (Å²) < 4.78 is 12.2. The van der Waals surface area contributed by atoms with E-state index in [1.807, 2.05) is 60.0 Å². The third-order valence-corrected chi connectivity index (χ3v) is 5.04. The predicted molar refractivity (Wildman–Crippen MR) is 108 cm³/mol. The molecule has 0 aliphatic carbocycles. The molecule has 1 amide bonds. The quantitative estimate of drug-likeness (QED) is 0.588. The van der Waals surface area contributed by atoms with Gasteiger partial charge in [-0.3, -0.25) is 9.36 Å². The number of methoxy groups -OCH3 is 2. The Morgan fingerprint density at radius 2 is 1.61 bits per heavy atom. The van der Waals surface area contributed by atoms with Gasteiger partial charge in [0.05, 0.1) is 20.0 Å². The van der Waals surface area contributed by atoms with Crippen molar-refractivity contribution in [3.63, 3.8) is 0 Å². The Labute approximate surface area is 168 Å². The average Bonchev–Trinajstić information content (AvgIpc) is 3.11. The van der Waals surface area contributed by atoms with Crippen molar-refractivity contribution < 1.29 is 14.3 Å². The van der Waals surface area contributed by atoms with Gasteiger partial charge in [0.2, 0.25) is 5.91 Å². The summed E-state index contributed by atoms with van der Waals surface area (Å²) >= 11 is 1.35. The lowest BCUT2D eigenvalue weighted by Crippen LogP contribution is -2.24. The van der Waals surface area contributed by atoms with E-state index in [1.165, 1.54) is 11.8 Å². The molecule has 2 aromatic carbocycles. The van der Waals surface area contributed by atoms with Gasteiger partial charge in [-0.1, -0.05) is 23.9 Å². The Balaban J connectivity index is 1.58. The number of aryl methyl sites for hydroxylation is 1. The fourth-order valence-electron chi connectivity index (χ4n) is 2.59. The van der Waals surface area contributed by atoms with Crippen molar-refractivity contribution in [2.45, 2.75) is 18.6 Å². The summed E-state index contributed by atoms with van der Waals surface area (Å²) in [5.74, 6) is 2.51. The number of rotatable bonds is 8. The Bertz CT molecular complexity index is 924. The monoisotopic (exact) mass is 398 g/mol. The van der Waals surface area contributed by atoms with Gasteiger partial charge in [0.15, 0.2) is 5.16 Å². The maximum Gasteiger partial charge on any atom is 0.230 e. The third-order valence-electron chi connectivity index (χ3n) is 4.11. The number of nitrogens with one attached hydrogen (secondary N) is 1. The van der Waals surface area contributed by atoms with Crippen molar-refractivity contribution in [3.8, 4) is 17.2 Å². The average molecular weight is 398 g/mol. The highest BCUT2D eigenvalue weighted by Crippen LogP contribution is 2.23. The minimum absolute atomic E-state index is 0.0669. The van der Waals surface area contributed by atoms with Crippen molar-refractivity contribution in [3.05, 3.63) is 59.9 Å². The van der Waals surface area contributed by atoms with Gasteiger partial charge in [0.1, 0.15) is 17.3 Å². The van der Waals surface area contributed by atoms with Gasteiger partial charge >= 0.3 is 0 Å². The molecular formula is C20H22N4O3S. The Kier molecular flexibility index (Phi) is 6.54. The molecule has 0 saturated heterocycles. The number of benzene rings is 2. The zero-order valence-electron chi connectivity index (χ0n) is 16.0. The number of aromatic nitrogens is 3. The first kappa shape index (κ1) is 19.8. The van der Waals surface area contributed by atoms with Crippen molar-refractivity contribution in [2.24, 2.45) is 0 Å². The van der Waals surface area contributed by atoms with Gasteiger partial charge in [-0.05, 0) is 48.9 Å². The fourth-order valence-corrected chi connectivity index (χ4v) is 3.42. The number of hydrogen-bond donors (Lipinski definition) is 1. The Morgan fingerprint density at radius 1 is 1.00 bits per heavy atom. The van der Waals surface area contributed by atoms with Gasteiger partial charge in [-0.2, -0.15) is 0 Å². The Morgan fingerprint density at radius 3 is 2.21 bits per heavy atom. The number of carbonyl (C=O) groups is 1. The van der Waals surface area contributed by atoms with Crippen LogP contribution in [0, 0.1) is 6.92 Å². The van der Waals surface area contributed by atoms with Crippen molar-refractivity contribution in [1.29, 1.82) is 0 Å². The highest BCUT2D eigenvalue weighted by atomic mass is 32.2. The molecule has 3 rings (SSSR count). The molecule has 1 N–H and O–H groups in total. The van der Waals surface area contributed by atoms with Crippen LogP contribution in [-0.4, -0.2) is 40.6 Å². The Hall–Kier alpha value is -3.00. The molecule has 0 radical (unpaired) electrons. The molecular weight excluding hydrogens is 376 g/mol. The molecule has 1 heterocycles. The van der Waals surface area contributed by atoms with E-state index in [2.05, 4.69) is 15.5 Å². The SMILES string of the molecule is COc1ccc(CNC(=O)CSc2nnc(C)n2-c2ccc(OC)cc2)cc1. The number of amides is 1. The number of hydrogen-bond acceptors (Lipinski definition) is 6. The smallest absolute Gasteiger partial charge is 0.230 e. The van der Waals surface area contributed by atoms with Crippen molar-refractivity contribution in [1.82, 2.24) is 20.1 Å². The predicted octanol–water partition coefficient (Wildman–Crippen LogP) is 3.00. The standard InChI is InChI=1S/C20H22N4O3S/c1-14-22-23-20(24(14)16-6-10-18(27-3)11-7-16)28-13-19(25)21-12-15-4-8-17(26-2)9-5-15/h4-11H,12-13H2,1-3H3,(H,21,25). The molecule has 0 saturated carbocycles. The largest absolute Gasteiger partial charge is 0.497 e. The molecule has 0 aliphatic heterocycles. The van der Waals surface area contributed by atoms with Crippen LogP contribution in [0.2, 0.25) is 0 Å². The summed E-state index contributed by atoms with van der Waals surface area (Å²) in [6.07, 6.45) is 0. The molecule has 0 fully saturated rings. The lowest BCUT2D eigenvalue weighted by molar-refractivity contribution is -0.118. The molecule has 8 heteroatoms. The van der Waals surface area contributed by atoms with E-state index in [0.29, 0.717) is 11.7 Å². The molecule has 7 nitrogen and oxygen atoms in total. The number of nitrogens with zero attached hydrogens (tertiary/aromatic N) is 3. The molecule has 146 valence electrons. The number of thioether (sulfide) groups is 1. The summed E-state index contributed by atoms with van der Waals surface area (Å²) in [4.78, 5) is 12.2. The first-order valence-electron chi connectivity index (χ1n) is 8.69. The first-order valence-corrected chi connectivity index (χ1v) is 9.68. The van der Waals surface area contributed by atoms with Crippen LogP contribution in [0.5, 0.6) is 11.5 Å². The highest BCUT2D eigenvalue weighted by Gasteiger charge is 2.13. The zero-order valence-corrected chi connectivity index (χ0v) is 16.8. The molecule has 0 atom stereocenters. The van der Waals surface area contributed by atoms with Gasteiger partial charge in [-0.25, -0.2) is 0 Å². The van der Waals surface area contributed by atoms with E-state index < -0.39 is 0 Å². The second-order valence-corrected chi connectivity index (χ2v) is 6.92. The van der Waals surface area contributed by atoms with Gasteiger partial charge in [-0.15, -0.1) is 10.2 Å². The molecule has 0 aliphatic rings. The third kappa shape index (κ3) is 4.83. The summed E-state index contributed by atoms with van der Waals surface area (Å²) in [6.45, 7) is 2.35. The van der Waals surface area contributed by atoms with E-state index >= 15 is 0 Å². The maximum atomic E-state index is 12.2. The lowest BCUT2D eigenvalue weighted by Gasteiger charge is -2.09. The zero-order chi connectivity index (χ0) is 19.9. The maximum absolute atomic E-state index is 12.2. The van der Waals surface area contributed by atoms with Crippen LogP contribution in [0.4, 0.5) is 0 Å². The topological polar surface area (TPSA) is 78.3 Å². The van der Waals surface area contributed by atoms with Crippen LogP contribution < -0.4 is 14.8 Å². The normalized spacial score (nSPS) is 10.5. The van der Waals surface area contributed by atoms with Gasteiger partial charge in [0.25, 0.3) is 0 Å². The van der Waals surface area contributed by atoms with E-state index in [1.54, 1.807) is 14.2 Å². The minimum Gasteiger partial charge on any atom is -0.497 e. The highest BCUT2D eigenvalue weighted by molar-refractivity contribution is 7.99. The molecule has 0 bridgehead atoms. The van der Waals surface area contributed by atoms with Crippen LogP contribution in [-0.2, 0) is 11.3 Å². The minimum atomic E-state index is -0.0669. The van der Waals surface area contributed by atoms with Crippen molar-refractivity contribution >= 4 is 17.7 Å². The lowest BCUT2D eigenvalue weighted by atomic mass is 10.2. The molecule has 0 unspecified atom stereocenters. The van der Waals surface area contributed by atoms with Crippen LogP contribution >= 0.6 is 11.8 Å². The van der Waals surface area contributed by atoms with Gasteiger partial charge in [0, 0.05) is 12.2 Å².